The number of nitrogens with one attached hydrogen (secondary N) is 1. The summed E-state index contributed by atoms with van der Waals surface area (Å²) in [5, 5.41) is 12.4. The van der Waals surface area contributed by atoms with Gasteiger partial charge in [0.1, 0.15) is 5.82 Å². The molecule has 0 aliphatic heterocycles. The van der Waals surface area contributed by atoms with E-state index in [4.69, 9.17) is 16.7 Å². The lowest BCUT2D eigenvalue weighted by Crippen LogP contribution is -2.10. The molecule has 1 atom stereocenters. The first-order valence-electron chi connectivity index (χ1n) is 4.57. The Morgan fingerprint density at radius 3 is 2.80 bits per heavy atom. The van der Waals surface area contributed by atoms with Crippen LogP contribution in [0.25, 0.3) is 0 Å². The lowest BCUT2D eigenvalue weighted by atomic mass is 10.2. The Hall–Kier alpha value is -0.320. The summed E-state index contributed by atoms with van der Waals surface area (Å²) in [6, 6.07) is 2.59. The molecule has 1 aromatic carbocycles. The second kappa shape index (κ2) is 5.68. The van der Waals surface area contributed by atoms with Crippen LogP contribution in [-0.4, -0.2) is 17.8 Å². The molecule has 0 aromatic heterocycles. The Morgan fingerprint density at radius 1 is 1.60 bits per heavy atom. The standard InChI is InChI=1S/C10H12BrClFNO/c1-6(15)2-3-14-10-8(11)4-7(13)5-9(10)12/h4-6,14-15H,2-3H2,1H3. The molecule has 0 heterocycles. The first kappa shape index (κ1) is 12.7. The number of aliphatic hydroxyl groups excluding tert-OH is 1. The number of benzene rings is 1. The van der Waals surface area contributed by atoms with E-state index in [0.29, 0.717) is 28.1 Å². The molecule has 1 rings (SSSR count). The van der Waals surface area contributed by atoms with Gasteiger partial charge in [-0.3, -0.25) is 0 Å². The van der Waals surface area contributed by atoms with Gasteiger partial charge in [0.25, 0.3) is 0 Å². The molecule has 0 spiro atoms. The third kappa shape index (κ3) is 3.97. The number of hydrogen-bond acceptors (Lipinski definition) is 2. The number of anilines is 1. The van der Waals surface area contributed by atoms with Crippen molar-refractivity contribution in [2.75, 3.05) is 11.9 Å². The Kier molecular flexibility index (Phi) is 4.83. The highest BCUT2D eigenvalue weighted by molar-refractivity contribution is 9.10. The van der Waals surface area contributed by atoms with Crippen molar-refractivity contribution in [2.45, 2.75) is 19.4 Å². The third-order valence-corrected chi connectivity index (χ3v) is 2.79. The Morgan fingerprint density at radius 2 is 2.27 bits per heavy atom. The highest BCUT2D eigenvalue weighted by Gasteiger charge is 2.07. The molecule has 5 heteroatoms. The summed E-state index contributed by atoms with van der Waals surface area (Å²) < 4.78 is 13.5. The topological polar surface area (TPSA) is 32.3 Å². The van der Waals surface area contributed by atoms with Crippen LogP contribution in [0.3, 0.4) is 0 Å². The van der Waals surface area contributed by atoms with Gasteiger partial charge in [-0.15, -0.1) is 0 Å². The highest BCUT2D eigenvalue weighted by atomic mass is 79.9. The van der Waals surface area contributed by atoms with E-state index in [9.17, 15) is 4.39 Å². The molecule has 2 nitrogen and oxygen atoms in total. The minimum Gasteiger partial charge on any atom is -0.393 e. The average molecular weight is 297 g/mol. The molecule has 0 saturated heterocycles. The summed E-state index contributed by atoms with van der Waals surface area (Å²) in [7, 11) is 0. The number of hydrogen-bond donors (Lipinski definition) is 2. The third-order valence-electron chi connectivity index (χ3n) is 1.87. The van der Waals surface area contributed by atoms with Gasteiger partial charge in [-0.1, -0.05) is 11.6 Å². The zero-order chi connectivity index (χ0) is 11.4. The molecule has 0 radical (unpaired) electrons. The zero-order valence-corrected chi connectivity index (χ0v) is 10.6. The predicted molar refractivity (Wildman–Crippen MR) is 63.9 cm³/mol. The van der Waals surface area contributed by atoms with E-state index in [-0.39, 0.29) is 11.9 Å². The van der Waals surface area contributed by atoms with Crippen molar-refractivity contribution in [2.24, 2.45) is 0 Å². The molecular formula is C10H12BrClFNO. The largest absolute Gasteiger partial charge is 0.393 e. The molecule has 0 aliphatic carbocycles. The minimum absolute atomic E-state index is 0.326. The van der Waals surface area contributed by atoms with Crippen LogP contribution in [0.4, 0.5) is 10.1 Å². The van der Waals surface area contributed by atoms with Gasteiger partial charge in [0.2, 0.25) is 0 Å². The van der Waals surface area contributed by atoms with Gasteiger partial charge >= 0.3 is 0 Å². The Bertz CT molecular complexity index is 323. The van der Waals surface area contributed by atoms with Gasteiger partial charge < -0.3 is 10.4 Å². The summed E-state index contributed by atoms with van der Waals surface area (Å²) in [6.07, 6.45) is 0.246. The average Bonchev–Trinajstić information content (AvgIpc) is 2.08. The predicted octanol–water partition coefficient (Wildman–Crippen LogP) is 3.42. The molecular weight excluding hydrogens is 284 g/mol. The molecule has 0 aliphatic rings. The molecule has 1 unspecified atom stereocenters. The molecule has 1 aromatic rings. The van der Waals surface area contributed by atoms with Gasteiger partial charge in [-0.2, -0.15) is 0 Å². The van der Waals surface area contributed by atoms with Crippen LogP contribution in [0, 0.1) is 5.82 Å². The fraction of sp³-hybridized carbons (Fsp3) is 0.400. The lowest BCUT2D eigenvalue weighted by molar-refractivity contribution is 0.189. The molecule has 2 N–H and O–H groups in total. The highest BCUT2D eigenvalue weighted by Crippen LogP contribution is 2.31. The maximum absolute atomic E-state index is 12.9. The van der Waals surface area contributed by atoms with E-state index in [2.05, 4.69) is 21.2 Å². The maximum atomic E-state index is 12.9. The molecule has 0 bridgehead atoms. The first-order chi connectivity index (χ1) is 7.00. The number of halogens is 3. The zero-order valence-electron chi connectivity index (χ0n) is 8.23. The van der Waals surface area contributed by atoms with Crippen molar-refractivity contribution in [3.63, 3.8) is 0 Å². The molecule has 0 saturated carbocycles. The summed E-state index contributed by atoms with van der Waals surface area (Å²) in [5.74, 6) is -0.382. The van der Waals surface area contributed by atoms with Crippen molar-refractivity contribution in [3.05, 3.63) is 27.4 Å². The van der Waals surface area contributed by atoms with Crippen molar-refractivity contribution >= 4 is 33.2 Å². The molecule has 0 fully saturated rings. The van der Waals surface area contributed by atoms with E-state index in [1.165, 1.54) is 12.1 Å². The maximum Gasteiger partial charge on any atom is 0.125 e. The van der Waals surface area contributed by atoms with E-state index in [1.54, 1.807) is 6.92 Å². The molecule has 15 heavy (non-hydrogen) atoms. The van der Waals surface area contributed by atoms with Crippen molar-refractivity contribution in [1.29, 1.82) is 0 Å². The van der Waals surface area contributed by atoms with Gasteiger partial charge in [-0.25, -0.2) is 4.39 Å². The molecule has 0 amide bonds. The minimum atomic E-state index is -0.382. The fourth-order valence-electron chi connectivity index (χ4n) is 1.12. The fourth-order valence-corrected chi connectivity index (χ4v) is 2.08. The summed E-state index contributed by atoms with van der Waals surface area (Å²) in [6.45, 7) is 2.30. The van der Waals surface area contributed by atoms with Crippen LogP contribution in [0.5, 0.6) is 0 Å². The smallest absolute Gasteiger partial charge is 0.125 e. The summed E-state index contributed by atoms with van der Waals surface area (Å²) >= 11 is 9.07. The Balaban J connectivity index is 2.68. The van der Waals surface area contributed by atoms with Gasteiger partial charge in [-0.05, 0) is 41.4 Å². The monoisotopic (exact) mass is 295 g/mol. The van der Waals surface area contributed by atoms with Crippen molar-refractivity contribution in [1.82, 2.24) is 0 Å². The Labute approximate surface area is 102 Å². The van der Waals surface area contributed by atoms with Crippen LogP contribution in [0.15, 0.2) is 16.6 Å². The summed E-state index contributed by atoms with van der Waals surface area (Å²) in [4.78, 5) is 0. The van der Waals surface area contributed by atoms with Crippen LogP contribution in [-0.2, 0) is 0 Å². The second-order valence-corrected chi connectivity index (χ2v) is 4.57. The van der Waals surface area contributed by atoms with Crippen LogP contribution >= 0.6 is 27.5 Å². The summed E-state index contributed by atoms with van der Waals surface area (Å²) in [5.41, 5.74) is 0.652. The van der Waals surface area contributed by atoms with E-state index < -0.39 is 0 Å². The van der Waals surface area contributed by atoms with Crippen LogP contribution < -0.4 is 5.32 Å². The first-order valence-corrected chi connectivity index (χ1v) is 5.74. The van der Waals surface area contributed by atoms with E-state index in [0.717, 1.165) is 0 Å². The van der Waals surface area contributed by atoms with E-state index >= 15 is 0 Å². The molecule has 84 valence electrons. The lowest BCUT2D eigenvalue weighted by Gasteiger charge is -2.11. The van der Waals surface area contributed by atoms with Gasteiger partial charge in [0, 0.05) is 11.0 Å². The van der Waals surface area contributed by atoms with Crippen LogP contribution in [0.1, 0.15) is 13.3 Å². The van der Waals surface area contributed by atoms with Crippen molar-refractivity contribution < 1.29 is 9.50 Å². The van der Waals surface area contributed by atoms with E-state index in [1.807, 2.05) is 0 Å². The van der Waals surface area contributed by atoms with Gasteiger partial charge in [0.05, 0.1) is 16.8 Å². The number of rotatable bonds is 4. The quantitative estimate of drug-likeness (QED) is 0.892. The van der Waals surface area contributed by atoms with Gasteiger partial charge in [0.15, 0.2) is 0 Å². The second-order valence-electron chi connectivity index (χ2n) is 3.31. The van der Waals surface area contributed by atoms with Crippen molar-refractivity contribution in [3.8, 4) is 0 Å². The normalized spacial score (nSPS) is 12.6. The SMILES string of the molecule is CC(O)CCNc1c(Cl)cc(F)cc1Br. The van der Waals surface area contributed by atoms with Crippen LogP contribution in [0.2, 0.25) is 5.02 Å². The number of aliphatic hydroxyl groups is 1.